The first-order valence-electron chi connectivity index (χ1n) is 6.68. The zero-order chi connectivity index (χ0) is 13.7. The van der Waals surface area contributed by atoms with Crippen LogP contribution in [0, 0.1) is 13.8 Å². The molecule has 0 unspecified atom stereocenters. The third kappa shape index (κ3) is 3.23. The first-order chi connectivity index (χ1) is 9.22. The maximum atomic E-state index is 2.19. The lowest BCUT2D eigenvalue weighted by atomic mass is 9.95. The van der Waals surface area contributed by atoms with Crippen molar-refractivity contribution in [3.05, 3.63) is 77.4 Å². The van der Waals surface area contributed by atoms with E-state index in [-0.39, 0.29) is 0 Å². The van der Waals surface area contributed by atoms with E-state index in [2.05, 4.69) is 74.5 Å². The van der Waals surface area contributed by atoms with Gasteiger partial charge in [0.15, 0.2) is 0 Å². The van der Waals surface area contributed by atoms with E-state index in [0.717, 1.165) is 0 Å². The minimum Gasteiger partial charge on any atom is -0.0877 e. The van der Waals surface area contributed by atoms with E-state index in [9.17, 15) is 0 Å². The number of hydrogen-bond donors (Lipinski definition) is 0. The molecule has 2 rings (SSSR count). The Balaban J connectivity index is 2.50. The molecule has 2 aromatic carbocycles. The van der Waals surface area contributed by atoms with Crippen LogP contribution in [0.3, 0.4) is 0 Å². The fourth-order valence-corrected chi connectivity index (χ4v) is 2.15. The van der Waals surface area contributed by atoms with Crippen LogP contribution < -0.4 is 0 Å². The molecular weight excluding hydrogens is 228 g/mol. The molecule has 0 aliphatic carbocycles. The van der Waals surface area contributed by atoms with Crippen molar-refractivity contribution in [3.8, 4) is 11.1 Å². The Morgan fingerprint density at radius 1 is 0.842 bits per heavy atom. The van der Waals surface area contributed by atoms with Crippen LogP contribution in [0.25, 0.3) is 17.2 Å². The van der Waals surface area contributed by atoms with Crippen LogP contribution in [0.4, 0.5) is 0 Å². The Morgan fingerprint density at radius 3 is 2.26 bits per heavy atom. The van der Waals surface area contributed by atoms with Crippen molar-refractivity contribution in [2.24, 2.45) is 0 Å². The van der Waals surface area contributed by atoms with Gasteiger partial charge in [-0.2, -0.15) is 0 Å². The minimum atomic E-state index is 1.27. The van der Waals surface area contributed by atoms with Crippen molar-refractivity contribution in [3.63, 3.8) is 0 Å². The topological polar surface area (TPSA) is 0 Å². The average molecular weight is 248 g/mol. The Hall–Kier alpha value is -2.08. The van der Waals surface area contributed by atoms with E-state index in [0.29, 0.717) is 0 Å². The molecule has 0 heterocycles. The van der Waals surface area contributed by atoms with Crippen LogP contribution in [-0.2, 0) is 0 Å². The van der Waals surface area contributed by atoms with Crippen LogP contribution in [0.15, 0.2) is 60.7 Å². The van der Waals surface area contributed by atoms with E-state index in [1.165, 1.54) is 27.8 Å². The third-order valence-electron chi connectivity index (χ3n) is 3.25. The molecule has 0 radical (unpaired) electrons. The molecule has 0 saturated heterocycles. The normalized spacial score (nSPS) is 11.5. The molecule has 0 aliphatic heterocycles. The summed E-state index contributed by atoms with van der Waals surface area (Å²) in [4.78, 5) is 0. The lowest BCUT2D eigenvalue weighted by Crippen LogP contribution is -1.87. The first-order valence-corrected chi connectivity index (χ1v) is 6.68. The molecule has 0 N–H and O–H groups in total. The highest BCUT2D eigenvalue weighted by Gasteiger charge is 2.04. The highest BCUT2D eigenvalue weighted by atomic mass is 14.1. The van der Waals surface area contributed by atoms with Gasteiger partial charge in [0.1, 0.15) is 0 Å². The Bertz CT molecular complexity index is 598. The third-order valence-corrected chi connectivity index (χ3v) is 3.25. The molecule has 0 saturated carbocycles. The SMILES string of the molecule is C/C=C\C=C/c1c(C)cccc1-c1ccc(C)cc1. The summed E-state index contributed by atoms with van der Waals surface area (Å²) in [5.74, 6) is 0. The summed E-state index contributed by atoms with van der Waals surface area (Å²) >= 11 is 0. The molecule has 0 spiro atoms. The van der Waals surface area contributed by atoms with Crippen LogP contribution in [-0.4, -0.2) is 0 Å². The highest BCUT2D eigenvalue weighted by Crippen LogP contribution is 2.27. The molecule has 2 aromatic rings. The number of allylic oxidation sites excluding steroid dienone is 3. The van der Waals surface area contributed by atoms with Crippen molar-refractivity contribution >= 4 is 6.08 Å². The van der Waals surface area contributed by atoms with E-state index in [4.69, 9.17) is 0 Å². The van der Waals surface area contributed by atoms with Gasteiger partial charge < -0.3 is 0 Å². The van der Waals surface area contributed by atoms with Gasteiger partial charge in [0.05, 0.1) is 0 Å². The molecule has 19 heavy (non-hydrogen) atoms. The van der Waals surface area contributed by atoms with Crippen molar-refractivity contribution in [2.75, 3.05) is 0 Å². The molecule has 0 aliphatic rings. The van der Waals surface area contributed by atoms with Crippen LogP contribution in [0.5, 0.6) is 0 Å². The van der Waals surface area contributed by atoms with Crippen molar-refractivity contribution in [1.29, 1.82) is 0 Å². The Morgan fingerprint density at radius 2 is 1.58 bits per heavy atom. The van der Waals surface area contributed by atoms with E-state index >= 15 is 0 Å². The minimum absolute atomic E-state index is 1.27. The average Bonchev–Trinajstić information content (AvgIpc) is 2.42. The van der Waals surface area contributed by atoms with Crippen molar-refractivity contribution in [2.45, 2.75) is 20.8 Å². The zero-order valence-electron chi connectivity index (χ0n) is 11.9. The van der Waals surface area contributed by atoms with Gasteiger partial charge in [0.25, 0.3) is 0 Å². The van der Waals surface area contributed by atoms with Gasteiger partial charge in [-0.25, -0.2) is 0 Å². The number of rotatable bonds is 3. The van der Waals surface area contributed by atoms with Gasteiger partial charge in [0.2, 0.25) is 0 Å². The van der Waals surface area contributed by atoms with Crippen molar-refractivity contribution < 1.29 is 0 Å². The number of benzene rings is 2. The highest BCUT2D eigenvalue weighted by molar-refractivity contribution is 5.77. The first kappa shape index (κ1) is 13.4. The Labute approximate surface area is 116 Å². The van der Waals surface area contributed by atoms with Gasteiger partial charge >= 0.3 is 0 Å². The number of hydrogen-bond acceptors (Lipinski definition) is 0. The van der Waals surface area contributed by atoms with Crippen LogP contribution >= 0.6 is 0 Å². The van der Waals surface area contributed by atoms with Gasteiger partial charge in [-0.1, -0.05) is 72.3 Å². The molecule has 0 aromatic heterocycles. The summed E-state index contributed by atoms with van der Waals surface area (Å²) in [6.07, 6.45) is 8.39. The van der Waals surface area contributed by atoms with E-state index < -0.39 is 0 Å². The molecule has 0 nitrogen and oxygen atoms in total. The summed E-state index contributed by atoms with van der Waals surface area (Å²) in [6, 6.07) is 15.2. The monoisotopic (exact) mass is 248 g/mol. The number of aryl methyl sites for hydroxylation is 2. The zero-order valence-corrected chi connectivity index (χ0v) is 11.9. The van der Waals surface area contributed by atoms with Crippen LogP contribution in [0.2, 0.25) is 0 Å². The maximum Gasteiger partial charge on any atom is -0.0109 e. The van der Waals surface area contributed by atoms with Gasteiger partial charge in [-0.15, -0.1) is 0 Å². The standard InChI is InChI=1S/C19H20/c1-4-5-6-9-18-16(3)8-7-10-19(18)17-13-11-15(2)12-14-17/h4-14H,1-3H3/b5-4-,9-6-. The fourth-order valence-electron chi connectivity index (χ4n) is 2.15. The second kappa shape index (κ2) is 6.19. The molecule has 0 bridgehead atoms. The second-order valence-electron chi connectivity index (χ2n) is 4.79. The van der Waals surface area contributed by atoms with Crippen molar-refractivity contribution in [1.82, 2.24) is 0 Å². The quantitative estimate of drug-likeness (QED) is 0.624. The largest absolute Gasteiger partial charge is 0.0877 e. The summed E-state index contributed by atoms with van der Waals surface area (Å²) in [6.45, 7) is 6.31. The molecular formula is C19H20. The van der Waals surface area contributed by atoms with Gasteiger partial charge in [-0.05, 0) is 43.0 Å². The Kier molecular flexibility index (Phi) is 4.35. The van der Waals surface area contributed by atoms with Gasteiger partial charge in [-0.3, -0.25) is 0 Å². The summed E-state index contributed by atoms with van der Waals surface area (Å²) in [5.41, 5.74) is 6.46. The molecule has 0 fully saturated rings. The molecule has 96 valence electrons. The smallest absolute Gasteiger partial charge is 0.0109 e. The maximum absolute atomic E-state index is 2.19. The predicted octanol–water partition coefficient (Wildman–Crippen LogP) is 5.56. The van der Waals surface area contributed by atoms with Gasteiger partial charge in [0, 0.05) is 0 Å². The molecule has 0 heteroatoms. The fraction of sp³-hybridized carbons (Fsp3) is 0.158. The summed E-state index contributed by atoms with van der Waals surface area (Å²) in [7, 11) is 0. The molecule has 0 atom stereocenters. The second-order valence-corrected chi connectivity index (χ2v) is 4.79. The summed E-state index contributed by atoms with van der Waals surface area (Å²) in [5, 5.41) is 0. The summed E-state index contributed by atoms with van der Waals surface area (Å²) < 4.78 is 0. The molecule has 0 amide bonds. The lowest BCUT2D eigenvalue weighted by molar-refractivity contribution is 1.42. The van der Waals surface area contributed by atoms with E-state index in [1.807, 2.05) is 13.0 Å². The van der Waals surface area contributed by atoms with Crippen LogP contribution in [0.1, 0.15) is 23.6 Å². The predicted molar refractivity (Wildman–Crippen MR) is 85.2 cm³/mol. The van der Waals surface area contributed by atoms with E-state index in [1.54, 1.807) is 0 Å². The lowest BCUT2D eigenvalue weighted by Gasteiger charge is -2.09.